The molecule has 1 aliphatic rings. The van der Waals surface area contributed by atoms with Crippen molar-refractivity contribution in [2.45, 2.75) is 71.7 Å². The van der Waals surface area contributed by atoms with Crippen LogP contribution in [0.1, 0.15) is 53.9 Å². The first-order chi connectivity index (χ1) is 14.3. The zero-order chi connectivity index (χ0) is 23.8. The molecule has 0 fully saturated rings. The maximum atomic E-state index is 12.5. The van der Waals surface area contributed by atoms with Gasteiger partial charge < -0.3 is 20.1 Å². The molecule has 1 aliphatic carbocycles. The summed E-state index contributed by atoms with van der Waals surface area (Å²) in [4.78, 5) is 24.7. The van der Waals surface area contributed by atoms with E-state index in [1.165, 1.54) is 25.2 Å². The summed E-state index contributed by atoms with van der Waals surface area (Å²) in [5.74, 6) is -1.03. The number of aliphatic hydroxyl groups is 3. The molecule has 4 atom stereocenters. The lowest BCUT2D eigenvalue weighted by molar-refractivity contribution is -0.148. The fourth-order valence-corrected chi connectivity index (χ4v) is 3.08. The van der Waals surface area contributed by atoms with Gasteiger partial charge in [-0.3, -0.25) is 4.79 Å². The maximum Gasteiger partial charge on any atom is 0.331 e. The van der Waals surface area contributed by atoms with Crippen molar-refractivity contribution in [3.63, 3.8) is 0 Å². The largest absolute Gasteiger partial charge is 0.452 e. The van der Waals surface area contributed by atoms with Crippen LogP contribution in [0.25, 0.3) is 0 Å². The molecule has 0 amide bonds. The van der Waals surface area contributed by atoms with Gasteiger partial charge in [-0.05, 0) is 70.6 Å². The Labute approximate surface area is 185 Å². The van der Waals surface area contributed by atoms with Crippen LogP contribution in [-0.4, -0.2) is 51.5 Å². The predicted octanol–water partition coefficient (Wildman–Crippen LogP) is 3.34. The minimum Gasteiger partial charge on any atom is -0.452 e. The van der Waals surface area contributed by atoms with Gasteiger partial charge in [0.15, 0.2) is 11.9 Å². The second-order valence-corrected chi connectivity index (χ2v) is 9.01. The zero-order valence-electron chi connectivity index (χ0n) is 19.2. The van der Waals surface area contributed by atoms with Crippen molar-refractivity contribution in [2.24, 2.45) is 5.41 Å². The molecule has 0 aliphatic heterocycles. The van der Waals surface area contributed by atoms with Crippen molar-refractivity contribution < 1.29 is 29.6 Å². The number of carbonyl (C=O) groups excluding carboxylic acids is 2. The fourth-order valence-electron chi connectivity index (χ4n) is 3.08. The van der Waals surface area contributed by atoms with Gasteiger partial charge in [-0.15, -0.1) is 0 Å². The average Bonchev–Trinajstić information content (AvgIpc) is 2.68. The van der Waals surface area contributed by atoms with Crippen molar-refractivity contribution in [3.8, 4) is 0 Å². The molecule has 0 bridgehead atoms. The molecule has 0 saturated heterocycles. The van der Waals surface area contributed by atoms with Crippen LogP contribution in [0, 0.1) is 5.41 Å². The lowest BCUT2D eigenvalue weighted by Crippen LogP contribution is -2.39. The number of ether oxygens (including phenoxy) is 1. The molecule has 3 N–H and O–H groups in total. The Morgan fingerprint density at radius 3 is 2.52 bits per heavy atom. The highest BCUT2D eigenvalue weighted by molar-refractivity contribution is 6.04. The molecule has 6 nitrogen and oxygen atoms in total. The van der Waals surface area contributed by atoms with E-state index < -0.39 is 41.6 Å². The third kappa shape index (κ3) is 8.77. The van der Waals surface area contributed by atoms with Crippen molar-refractivity contribution in [2.75, 3.05) is 6.61 Å². The van der Waals surface area contributed by atoms with Crippen molar-refractivity contribution in [1.82, 2.24) is 0 Å². The van der Waals surface area contributed by atoms with Crippen LogP contribution >= 0.6 is 0 Å². The second kappa shape index (κ2) is 11.4. The number of hydrogen-bond donors (Lipinski definition) is 3. The fraction of sp³-hybridized carbons (Fsp3) is 0.520. The van der Waals surface area contributed by atoms with Gasteiger partial charge in [0.1, 0.15) is 5.60 Å². The second-order valence-electron chi connectivity index (χ2n) is 9.01. The van der Waals surface area contributed by atoms with E-state index in [-0.39, 0.29) is 5.57 Å². The summed E-state index contributed by atoms with van der Waals surface area (Å²) in [6.07, 6.45) is 8.63. The number of hydrogen-bond acceptors (Lipinski definition) is 6. The Hall–Kier alpha value is -2.28. The number of rotatable bonds is 7. The number of esters is 1. The Morgan fingerprint density at radius 1 is 1.32 bits per heavy atom. The monoisotopic (exact) mass is 432 g/mol. The Bertz CT molecular complexity index is 795. The summed E-state index contributed by atoms with van der Waals surface area (Å²) >= 11 is 0. The van der Waals surface area contributed by atoms with Gasteiger partial charge in [-0.2, -0.15) is 0 Å². The normalized spacial score (nSPS) is 31.4. The predicted molar refractivity (Wildman–Crippen MR) is 121 cm³/mol. The van der Waals surface area contributed by atoms with Crippen LogP contribution in [0.4, 0.5) is 0 Å². The summed E-state index contributed by atoms with van der Waals surface area (Å²) < 4.78 is 5.49. The van der Waals surface area contributed by atoms with E-state index in [1.807, 2.05) is 13.0 Å². The molecule has 6 heteroatoms. The topological polar surface area (TPSA) is 104 Å². The number of carbonyl (C=O) groups is 2. The average molecular weight is 433 g/mol. The highest BCUT2D eigenvalue weighted by Gasteiger charge is 2.33. The third-order valence-corrected chi connectivity index (χ3v) is 5.33. The highest BCUT2D eigenvalue weighted by atomic mass is 16.6. The summed E-state index contributed by atoms with van der Waals surface area (Å²) in [5, 5.41) is 30.7. The molecule has 0 aromatic rings. The SMILES string of the molecule is C=C(C)[C@@H](O)CC[C@]1(C)/C=C/[C@@H](OC(=O)C=C(C)C)[C@](C)(O)/C=C/C(=O)/C(CO)=C\C1. The molecular formula is C25H36O6. The molecule has 0 saturated carbocycles. The first-order valence-electron chi connectivity index (χ1n) is 10.4. The summed E-state index contributed by atoms with van der Waals surface area (Å²) in [5.41, 5.74) is -0.552. The van der Waals surface area contributed by atoms with E-state index in [1.54, 1.807) is 32.9 Å². The Morgan fingerprint density at radius 2 is 1.97 bits per heavy atom. The van der Waals surface area contributed by atoms with Crippen LogP contribution < -0.4 is 0 Å². The number of ketones is 1. The van der Waals surface area contributed by atoms with Crippen LogP contribution in [0.5, 0.6) is 0 Å². The molecule has 0 aromatic carbocycles. The Kier molecular flexibility index (Phi) is 9.81. The summed E-state index contributed by atoms with van der Waals surface area (Å²) in [6, 6.07) is 0. The number of allylic oxidation sites excluding steroid dienone is 4. The van der Waals surface area contributed by atoms with Gasteiger partial charge in [-0.25, -0.2) is 4.79 Å². The van der Waals surface area contributed by atoms with E-state index in [2.05, 4.69) is 6.58 Å². The minimum atomic E-state index is -1.65. The molecule has 0 spiro atoms. The lowest BCUT2D eigenvalue weighted by Gasteiger charge is -2.30. The van der Waals surface area contributed by atoms with Gasteiger partial charge in [0.05, 0.1) is 12.7 Å². The summed E-state index contributed by atoms with van der Waals surface area (Å²) in [7, 11) is 0. The molecule has 31 heavy (non-hydrogen) atoms. The van der Waals surface area contributed by atoms with Crippen LogP contribution in [0.15, 0.2) is 59.8 Å². The molecule has 0 radical (unpaired) electrons. The van der Waals surface area contributed by atoms with Gasteiger partial charge in [0.2, 0.25) is 0 Å². The molecule has 0 aromatic heterocycles. The van der Waals surface area contributed by atoms with E-state index in [0.717, 1.165) is 5.57 Å². The van der Waals surface area contributed by atoms with Crippen molar-refractivity contribution in [1.29, 1.82) is 0 Å². The molecule has 0 unspecified atom stereocenters. The van der Waals surface area contributed by atoms with E-state index in [4.69, 9.17) is 4.74 Å². The van der Waals surface area contributed by atoms with Crippen LogP contribution in [0.2, 0.25) is 0 Å². The van der Waals surface area contributed by atoms with Gasteiger partial charge in [0.25, 0.3) is 0 Å². The Balaban J connectivity index is 3.38. The maximum absolute atomic E-state index is 12.5. The van der Waals surface area contributed by atoms with Crippen LogP contribution in [-0.2, 0) is 14.3 Å². The van der Waals surface area contributed by atoms with Crippen LogP contribution in [0.3, 0.4) is 0 Å². The lowest BCUT2D eigenvalue weighted by atomic mass is 9.79. The molecule has 0 heterocycles. The minimum absolute atomic E-state index is 0.215. The van der Waals surface area contributed by atoms with Crippen molar-refractivity contribution in [3.05, 3.63) is 59.8 Å². The molecule has 1 rings (SSSR count). The first kappa shape index (κ1) is 26.8. The van der Waals surface area contributed by atoms with E-state index in [0.29, 0.717) is 24.8 Å². The van der Waals surface area contributed by atoms with Gasteiger partial charge in [-0.1, -0.05) is 36.8 Å². The third-order valence-electron chi connectivity index (χ3n) is 5.33. The molecular weight excluding hydrogens is 396 g/mol. The highest BCUT2D eigenvalue weighted by Crippen LogP contribution is 2.33. The van der Waals surface area contributed by atoms with E-state index >= 15 is 0 Å². The smallest absolute Gasteiger partial charge is 0.331 e. The van der Waals surface area contributed by atoms with Crippen molar-refractivity contribution >= 4 is 11.8 Å². The quantitative estimate of drug-likeness (QED) is 0.324. The summed E-state index contributed by atoms with van der Waals surface area (Å²) in [6.45, 7) is 12.0. The zero-order valence-corrected chi connectivity index (χ0v) is 19.2. The van der Waals surface area contributed by atoms with E-state index in [9.17, 15) is 24.9 Å². The van der Waals surface area contributed by atoms with Gasteiger partial charge >= 0.3 is 5.97 Å². The van der Waals surface area contributed by atoms with Gasteiger partial charge in [0, 0.05) is 11.6 Å². The standard InChI is InChI=1S/C25H36O6/c1-17(2)15-23(29)31-22-10-13-24(5,12-8-20(27)18(3)4)11-7-19(16-26)21(28)9-14-25(22,6)30/h7,9-10,13-15,20,22,26-27,30H,3,8,11-12,16H2,1-2,4-6H3/b13-10+,14-9+,19-7-/t20-,22+,24+,25+/m0/s1. The number of aliphatic hydroxyl groups excluding tert-OH is 2. The molecule has 172 valence electrons. The first-order valence-corrected chi connectivity index (χ1v) is 10.4.